The lowest BCUT2D eigenvalue weighted by molar-refractivity contribution is 0.215. The maximum atomic E-state index is 12.5. The van der Waals surface area contributed by atoms with Crippen LogP contribution in [0, 0.1) is 6.92 Å². The highest BCUT2D eigenvalue weighted by molar-refractivity contribution is 5.84. The van der Waals surface area contributed by atoms with E-state index >= 15 is 0 Å². The maximum Gasteiger partial charge on any atom is 0.271 e. The minimum absolute atomic E-state index is 0.0346. The number of H-pyrrole nitrogens is 1. The Kier molecular flexibility index (Phi) is 4.77. The number of hydrogen-bond donors (Lipinski definition) is 1. The third kappa shape index (κ3) is 3.58. The number of pyridine rings is 1. The van der Waals surface area contributed by atoms with Gasteiger partial charge in [0.1, 0.15) is 5.69 Å². The molecule has 2 fully saturated rings. The Hall–Kier alpha value is -1.85. The molecule has 1 aromatic heterocycles. The Labute approximate surface area is 149 Å². The Morgan fingerprint density at radius 2 is 1.64 bits per heavy atom. The summed E-state index contributed by atoms with van der Waals surface area (Å²) in [5.41, 5.74) is 2.93. The summed E-state index contributed by atoms with van der Waals surface area (Å²) in [6, 6.07) is 8.22. The maximum absolute atomic E-state index is 12.5. The lowest BCUT2D eigenvalue weighted by Crippen LogP contribution is -2.49. The van der Waals surface area contributed by atoms with Crippen molar-refractivity contribution in [1.29, 1.82) is 0 Å². The Bertz CT molecular complexity index is 786. The van der Waals surface area contributed by atoms with Crippen LogP contribution >= 0.6 is 0 Å². The van der Waals surface area contributed by atoms with Gasteiger partial charge in [-0.2, -0.15) is 0 Å². The first kappa shape index (κ1) is 16.6. The fraction of sp³-hybridized carbons (Fsp3) is 0.550. The van der Waals surface area contributed by atoms with E-state index in [2.05, 4.69) is 37.9 Å². The second kappa shape index (κ2) is 7.18. The number of nitrogens with zero attached hydrogens (tertiary/aromatic N) is 3. The molecule has 0 radical (unpaired) electrons. The Morgan fingerprint density at radius 3 is 2.36 bits per heavy atom. The smallest absolute Gasteiger partial charge is 0.271 e. The van der Waals surface area contributed by atoms with Crippen molar-refractivity contribution in [3.05, 3.63) is 40.2 Å². The monoisotopic (exact) mass is 340 g/mol. The second-order valence-electron chi connectivity index (χ2n) is 7.40. The van der Waals surface area contributed by atoms with Gasteiger partial charge in [-0.3, -0.25) is 9.69 Å². The summed E-state index contributed by atoms with van der Waals surface area (Å²) in [4.78, 5) is 23.0. The molecule has 5 nitrogen and oxygen atoms in total. The van der Waals surface area contributed by atoms with Crippen molar-refractivity contribution in [2.45, 2.75) is 19.8 Å². The lowest BCUT2D eigenvalue weighted by atomic mass is 10.1. The summed E-state index contributed by atoms with van der Waals surface area (Å²) >= 11 is 0. The number of aromatic amines is 1. The number of piperazine rings is 1. The number of rotatable bonds is 4. The molecule has 0 unspecified atom stereocenters. The SMILES string of the molecule is Cc1cccc2cc(N3CCN(CCN4CCCC4)CC3)c(=O)[nH]c12. The highest BCUT2D eigenvalue weighted by Crippen LogP contribution is 2.20. The molecule has 5 heteroatoms. The summed E-state index contributed by atoms with van der Waals surface area (Å²) in [6.07, 6.45) is 2.72. The van der Waals surface area contributed by atoms with Crippen LogP contribution in [0.5, 0.6) is 0 Å². The molecule has 0 aliphatic carbocycles. The van der Waals surface area contributed by atoms with Crippen LogP contribution in [0.1, 0.15) is 18.4 Å². The van der Waals surface area contributed by atoms with Crippen molar-refractivity contribution in [2.24, 2.45) is 0 Å². The number of para-hydroxylation sites is 1. The van der Waals surface area contributed by atoms with E-state index in [0.29, 0.717) is 0 Å². The molecule has 1 aromatic carbocycles. The molecule has 2 aliphatic rings. The zero-order valence-corrected chi connectivity index (χ0v) is 15.1. The molecule has 4 rings (SSSR count). The van der Waals surface area contributed by atoms with Crippen molar-refractivity contribution >= 4 is 16.6 Å². The van der Waals surface area contributed by atoms with Crippen molar-refractivity contribution in [2.75, 3.05) is 57.3 Å². The largest absolute Gasteiger partial charge is 0.365 e. The van der Waals surface area contributed by atoms with E-state index in [0.717, 1.165) is 54.9 Å². The van der Waals surface area contributed by atoms with Crippen molar-refractivity contribution in [3.8, 4) is 0 Å². The van der Waals surface area contributed by atoms with Crippen LogP contribution in [0.2, 0.25) is 0 Å². The number of aromatic nitrogens is 1. The standard InChI is InChI=1S/C20H28N4O/c1-16-5-4-6-17-15-18(20(25)21-19(16)17)24-13-11-23(12-14-24)10-9-22-7-2-3-8-22/h4-6,15H,2-3,7-14H2,1H3,(H,21,25). The molecule has 2 aliphatic heterocycles. The van der Waals surface area contributed by atoms with Crippen LogP contribution in [0.4, 0.5) is 5.69 Å². The van der Waals surface area contributed by atoms with E-state index in [4.69, 9.17) is 0 Å². The predicted molar refractivity (Wildman–Crippen MR) is 104 cm³/mol. The molecule has 1 N–H and O–H groups in total. The average Bonchev–Trinajstić information content (AvgIpc) is 3.14. The van der Waals surface area contributed by atoms with E-state index < -0.39 is 0 Å². The van der Waals surface area contributed by atoms with Crippen LogP contribution in [0.3, 0.4) is 0 Å². The first-order valence-electron chi connectivity index (χ1n) is 9.53. The van der Waals surface area contributed by atoms with Crippen molar-refractivity contribution in [3.63, 3.8) is 0 Å². The van der Waals surface area contributed by atoms with Gasteiger partial charge in [-0.1, -0.05) is 18.2 Å². The topological polar surface area (TPSA) is 42.6 Å². The number of aryl methyl sites for hydroxylation is 1. The molecule has 3 heterocycles. The zero-order valence-electron chi connectivity index (χ0n) is 15.1. The number of nitrogens with one attached hydrogen (secondary N) is 1. The molecule has 0 saturated carbocycles. The highest BCUT2D eigenvalue weighted by Gasteiger charge is 2.20. The summed E-state index contributed by atoms with van der Waals surface area (Å²) in [5, 5.41) is 1.12. The predicted octanol–water partition coefficient (Wildman–Crippen LogP) is 2.05. The zero-order chi connectivity index (χ0) is 17.2. The van der Waals surface area contributed by atoms with Crippen LogP contribution < -0.4 is 10.5 Å². The first-order valence-corrected chi connectivity index (χ1v) is 9.53. The highest BCUT2D eigenvalue weighted by atomic mass is 16.1. The molecular formula is C20H28N4O. The minimum atomic E-state index is 0.0346. The molecule has 0 atom stereocenters. The van der Waals surface area contributed by atoms with Gasteiger partial charge in [0.2, 0.25) is 0 Å². The molecule has 134 valence electrons. The quantitative estimate of drug-likeness (QED) is 0.925. The van der Waals surface area contributed by atoms with Crippen molar-refractivity contribution in [1.82, 2.24) is 14.8 Å². The van der Waals surface area contributed by atoms with E-state index in [9.17, 15) is 4.79 Å². The lowest BCUT2D eigenvalue weighted by Gasteiger charge is -2.36. The summed E-state index contributed by atoms with van der Waals surface area (Å²) < 4.78 is 0. The van der Waals surface area contributed by atoms with Crippen LogP contribution in [0.25, 0.3) is 10.9 Å². The molecule has 0 amide bonds. The van der Waals surface area contributed by atoms with Gasteiger partial charge < -0.3 is 14.8 Å². The van der Waals surface area contributed by atoms with Crippen LogP contribution in [-0.2, 0) is 0 Å². The minimum Gasteiger partial charge on any atom is -0.365 e. The van der Waals surface area contributed by atoms with Gasteiger partial charge in [-0.05, 0) is 44.5 Å². The molecule has 25 heavy (non-hydrogen) atoms. The molecule has 0 bridgehead atoms. The van der Waals surface area contributed by atoms with Crippen LogP contribution in [-0.4, -0.2) is 67.1 Å². The fourth-order valence-electron chi connectivity index (χ4n) is 4.11. The normalized spacial score (nSPS) is 19.8. The Morgan fingerprint density at radius 1 is 0.960 bits per heavy atom. The molecular weight excluding hydrogens is 312 g/mol. The fourth-order valence-corrected chi connectivity index (χ4v) is 4.11. The van der Waals surface area contributed by atoms with Gasteiger partial charge in [-0.25, -0.2) is 0 Å². The van der Waals surface area contributed by atoms with E-state index in [1.807, 2.05) is 13.0 Å². The number of benzene rings is 1. The van der Waals surface area contributed by atoms with E-state index in [1.54, 1.807) is 0 Å². The van der Waals surface area contributed by atoms with E-state index in [1.165, 1.54) is 32.5 Å². The third-order valence-electron chi connectivity index (χ3n) is 5.71. The number of hydrogen-bond acceptors (Lipinski definition) is 4. The van der Waals surface area contributed by atoms with Crippen LogP contribution in [0.15, 0.2) is 29.1 Å². The Balaban J connectivity index is 1.41. The molecule has 2 aromatic rings. The molecule has 0 spiro atoms. The van der Waals surface area contributed by atoms with Crippen molar-refractivity contribution < 1.29 is 0 Å². The average molecular weight is 340 g/mol. The van der Waals surface area contributed by atoms with E-state index in [-0.39, 0.29) is 5.56 Å². The van der Waals surface area contributed by atoms with Gasteiger partial charge >= 0.3 is 0 Å². The second-order valence-corrected chi connectivity index (χ2v) is 7.40. The number of anilines is 1. The van der Waals surface area contributed by atoms with Gasteiger partial charge in [0.25, 0.3) is 5.56 Å². The van der Waals surface area contributed by atoms with Gasteiger partial charge in [0, 0.05) is 44.7 Å². The van der Waals surface area contributed by atoms with Gasteiger partial charge in [-0.15, -0.1) is 0 Å². The first-order chi connectivity index (χ1) is 12.2. The summed E-state index contributed by atoms with van der Waals surface area (Å²) in [6.45, 7) is 10.9. The molecule has 2 saturated heterocycles. The summed E-state index contributed by atoms with van der Waals surface area (Å²) in [7, 11) is 0. The summed E-state index contributed by atoms with van der Waals surface area (Å²) in [5.74, 6) is 0. The van der Waals surface area contributed by atoms with Gasteiger partial charge in [0.15, 0.2) is 0 Å². The third-order valence-corrected chi connectivity index (χ3v) is 5.71. The number of likely N-dealkylation sites (tertiary alicyclic amines) is 1. The van der Waals surface area contributed by atoms with Gasteiger partial charge in [0.05, 0.1) is 5.52 Å². The number of fused-ring (bicyclic) bond motifs is 1.